The summed E-state index contributed by atoms with van der Waals surface area (Å²) in [6.07, 6.45) is 7.68. The van der Waals surface area contributed by atoms with Gasteiger partial charge in [0.15, 0.2) is 11.5 Å². The zero-order chi connectivity index (χ0) is 21.9. The maximum atomic E-state index is 12.0. The normalized spacial score (nSPS) is 14.5. The highest BCUT2D eigenvalue weighted by atomic mass is 79.9. The molecule has 0 aliphatic heterocycles. The Balaban J connectivity index is 1.51. The third kappa shape index (κ3) is 7.99. The number of hydrogen-bond acceptors (Lipinski definition) is 5. The zero-order valence-electron chi connectivity index (χ0n) is 17.9. The zero-order valence-corrected chi connectivity index (χ0v) is 19.5. The maximum absolute atomic E-state index is 12.0. The summed E-state index contributed by atoms with van der Waals surface area (Å²) >= 11 is 3.43. The Bertz CT molecular complexity index is 865. The third-order valence-electron chi connectivity index (χ3n) is 5.13. The Hall–Kier alpha value is -2.38. The van der Waals surface area contributed by atoms with E-state index in [9.17, 15) is 4.79 Å². The molecule has 0 radical (unpaired) electrons. The summed E-state index contributed by atoms with van der Waals surface area (Å²) in [6.45, 7) is 3.19. The molecule has 2 N–H and O–H groups in total. The lowest BCUT2D eigenvalue weighted by molar-refractivity contribution is -0.120. The Kier molecular flexibility index (Phi) is 9.37. The molecule has 0 aromatic heterocycles. The van der Waals surface area contributed by atoms with Crippen LogP contribution in [-0.4, -0.2) is 31.3 Å². The van der Waals surface area contributed by atoms with Crippen molar-refractivity contribution < 1.29 is 14.3 Å². The summed E-state index contributed by atoms with van der Waals surface area (Å²) in [6, 6.07) is 14.0. The van der Waals surface area contributed by atoms with Crippen LogP contribution in [-0.2, 0) is 11.4 Å². The average Bonchev–Trinajstić information content (AvgIpc) is 2.79. The van der Waals surface area contributed by atoms with E-state index in [2.05, 4.69) is 31.8 Å². The topological polar surface area (TPSA) is 72.0 Å². The van der Waals surface area contributed by atoms with Crippen LogP contribution in [0.3, 0.4) is 0 Å². The second-order valence-electron chi connectivity index (χ2n) is 7.56. The predicted molar refractivity (Wildman–Crippen MR) is 127 cm³/mol. The second kappa shape index (κ2) is 12.5. The molecule has 0 heterocycles. The van der Waals surface area contributed by atoms with E-state index in [1.54, 1.807) is 6.21 Å². The molecule has 1 saturated carbocycles. The number of ether oxygens (including phenoxy) is 2. The van der Waals surface area contributed by atoms with Crippen molar-refractivity contribution in [3.05, 3.63) is 58.1 Å². The molecule has 0 saturated heterocycles. The maximum Gasteiger partial charge on any atom is 0.254 e. The lowest BCUT2D eigenvalue weighted by Crippen LogP contribution is -2.38. The van der Waals surface area contributed by atoms with Crippen LogP contribution in [0.4, 0.5) is 0 Å². The number of amides is 1. The summed E-state index contributed by atoms with van der Waals surface area (Å²) in [5.41, 5.74) is 4.47. The smallest absolute Gasteiger partial charge is 0.254 e. The number of nitrogens with one attached hydrogen (secondary N) is 2. The van der Waals surface area contributed by atoms with Crippen LogP contribution < -0.4 is 20.2 Å². The van der Waals surface area contributed by atoms with E-state index in [1.165, 1.54) is 19.3 Å². The molecular formula is C24H30BrN3O3. The third-order valence-corrected chi connectivity index (χ3v) is 5.66. The molecule has 2 aromatic carbocycles. The molecule has 0 bridgehead atoms. The molecule has 0 unspecified atom stereocenters. The summed E-state index contributed by atoms with van der Waals surface area (Å²) in [5, 5.41) is 7.38. The fourth-order valence-corrected chi connectivity index (χ4v) is 3.76. The fraction of sp³-hybridized carbons (Fsp3) is 0.417. The molecule has 1 aliphatic rings. The first kappa shape index (κ1) is 23.3. The monoisotopic (exact) mass is 487 g/mol. The highest BCUT2D eigenvalue weighted by Gasteiger charge is 2.13. The van der Waals surface area contributed by atoms with Gasteiger partial charge in [0, 0.05) is 10.5 Å². The summed E-state index contributed by atoms with van der Waals surface area (Å²) in [4.78, 5) is 12.0. The van der Waals surface area contributed by atoms with Gasteiger partial charge in [-0.15, -0.1) is 0 Å². The minimum atomic E-state index is -0.138. The molecule has 6 nitrogen and oxygen atoms in total. The van der Waals surface area contributed by atoms with E-state index in [4.69, 9.17) is 9.47 Å². The minimum absolute atomic E-state index is 0.138. The van der Waals surface area contributed by atoms with Gasteiger partial charge in [0.25, 0.3) is 5.91 Å². The lowest BCUT2D eigenvalue weighted by Gasteiger charge is -2.22. The van der Waals surface area contributed by atoms with Gasteiger partial charge < -0.3 is 14.8 Å². The Labute approximate surface area is 192 Å². The lowest BCUT2D eigenvalue weighted by atomic mass is 9.95. The number of nitrogens with zero attached hydrogens (tertiary/aromatic N) is 1. The Morgan fingerprint density at radius 1 is 1.10 bits per heavy atom. The van der Waals surface area contributed by atoms with Crippen molar-refractivity contribution in [2.45, 2.75) is 51.7 Å². The number of rotatable bonds is 10. The number of hydrogen-bond donors (Lipinski definition) is 2. The molecule has 1 amide bonds. The van der Waals surface area contributed by atoms with Crippen LogP contribution in [0, 0.1) is 0 Å². The fourth-order valence-electron chi connectivity index (χ4n) is 3.50. The Morgan fingerprint density at radius 2 is 1.87 bits per heavy atom. The molecule has 1 aliphatic carbocycles. The van der Waals surface area contributed by atoms with E-state index >= 15 is 0 Å². The van der Waals surface area contributed by atoms with E-state index in [0.29, 0.717) is 30.8 Å². The van der Waals surface area contributed by atoms with Gasteiger partial charge in [0.05, 0.1) is 19.4 Å². The van der Waals surface area contributed by atoms with Gasteiger partial charge in [0.1, 0.15) is 6.61 Å². The van der Waals surface area contributed by atoms with Gasteiger partial charge in [0.2, 0.25) is 0 Å². The molecule has 2 aromatic rings. The van der Waals surface area contributed by atoms with Gasteiger partial charge in [-0.1, -0.05) is 47.3 Å². The number of carbonyl (C=O) groups excluding carboxylic acids is 1. The average molecular weight is 488 g/mol. The van der Waals surface area contributed by atoms with Crippen LogP contribution in [0.15, 0.2) is 52.0 Å². The minimum Gasteiger partial charge on any atom is -0.490 e. The van der Waals surface area contributed by atoms with Crippen molar-refractivity contribution in [1.29, 1.82) is 0 Å². The Morgan fingerprint density at radius 3 is 2.61 bits per heavy atom. The first-order chi connectivity index (χ1) is 15.1. The van der Waals surface area contributed by atoms with E-state index in [-0.39, 0.29) is 12.5 Å². The van der Waals surface area contributed by atoms with Gasteiger partial charge >= 0.3 is 0 Å². The SMILES string of the molecule is CCOc1cc(/C=N\NC(=O)CNC2CCCCC2)ccc1OCc1ccc(Br)cc1. The summed E-state index contributed by atoms with van der Waals surface area (Å²) < 4.78 is 12.7. The first-order valence-electron chi connectivity index (χ1n) is 10.8. The van der Waals surface area contributed by atoms with Crippen molar-refractivity contribution in [3.8, 4) is 11.5 Å². The first-order valence-corrected chi connectivity index (χ1v) is 11.6. The molecular weight excluding hydrogens is 458 g/mol. The van der Waals surface area contributed by atoms with Crippen molar-refractivity contribution in [3.63, 3.8) is 0 Å². The quantitative estimate of drug-likeness (QED) is 0.372. The number of carbonyl (C=O) groups is 1. The molecule has 0 atom stereocenters. The van der Waals surface area contributed by atoms with Crippen molar-refractivity contribution in [2.75, 3.05) is 13.2 Å². The molecule has 1 fully saturated rings. The van der Waals surface area contributed by atoms with Crippen LogP contribution >= 0.6 is 15.9 Å². The molecule has 7 heteroatoms. The van der Waals surface area contributed by atoms with Gasteiger partial charge in [-0.3, -0.25) is 4.79 Å². The summed E-state index contributed by atoms with van der Waals surface area (Å²) in [5.74, 6) is 1.18. The van der Waals surface area contributed by atoms with Crippen LogP contribution in [0.1, 0.15) is 50.2 Å². The molecule has 3 rings (SSSR count). The van der Waals surface area contributed by atoms with E-state index < -0.39 is 0 Å². The van der Waals surface area contributed by atoms with Crippen molar-refractivity contribution >= 4 is 28.1 Å². The largest absolute Gasteiger partial charge is 0.490 e. The molecule has 0 spiro atoms. The van der Waals surface area contributed by atoms with E-state index in [0.717, 1.165) is 28.4 Å². The number of benzene rings is 2. The van der Waals surface area contributed by atoms with Gasteiger partial charge in [-0.2, -0.15) is 5.10 Å². The molecule has 31 heavy (non-hydrogen) atoms. The van der Waals surface area contributed by atoms with Crippen LogP contribution in [0.5, 0.6) is 11.5 Å². The highest BCUT2D eigenvalue weighted by molar-refractivity contribution is 9.10. The number of hydrazone groups is 1. The van der Waals surface area contributed by atoms with E-state index in [1.807, 2.05) is 49.4 Å². The highest BCUT2D eigenvalue weighted by Crippen LogP contribution is 2.29. The second-order valence-corrected chi connectivity index (χ2v) is 8.48. The van der Waals surface area contributed by atoms with Crippen LogP contribution in [0.25, 0.3) is 0 Å². The van der Waals surface area contributed by atoms with Crippen LogP contribution in [0.2, 0.25) is 0 Å². The predicted octanol–water partition coefficient (Wildman–Crippen LogP) is 4.80. The van der Waals surface area contributed by atoms with Crippen molar-refractivity contribution in [2.24, 2.45) is 5.10 Å². The standard InChI is InChI=1S/C24H30BrN3O3/c1-2-30-23-14-19(10-13-22(23)31-17-18-8-11-20(25)12-9-18)15-27-28-24(29)16-26-21-6-4-3-5-7-21/h8-15,21,26H,2-7,16-17H2,1H3,(H,28,29)/b27-15-. The van der Waals surface area contributed by atoms with Gasteiger partial charge in [-0.25, -0.2) is 5.43 Å². The van der Waals surface area contributed by atoms with Gasteiger partial charge in [-0.05, 0) is 61.2 Å². The number of halogens is 1. The van der Waals surface area contributed by atoms with Crippen molar-refractivity contribution in [1.82, 2.24) is 10.7 Å². The molecule has 166 valence electrons. The summed E-state index contributed by atoms with van der Waals surface area (Å²) in [7, 11) is 0.